The third-order valence-corrected chi connectivity index (χ3v) is 3.96. The van der Waals surface area contributed by atoms with Crippen LogP contribution in [0.5, 0.6) is 0 Å². The summed E-state index contributed by atoms with van der Waals surface area (Å²) < 4.78 is 14.0. The maximum Gasteiger partial charge on any atom is 0.262 e. The van der Waals surface area contributed by atoms with Gasteiger partial charge in [0.2, 0.25) is 0 Å². The number of carbonyl (C=O) groups is 1. The molecular formula is C13H19FN2O3. The number of nitrogens with zero attached hydrogens (tertiary/aromatic N) is 1. The highest BCUT2D eigenvalue weighted by atomic mass is 19.1. The van der Waals surface area contributed by atoms with Crippen molar-refractivity contribution in [2.24, 2.45) is 5.92 Å². The molecule has 0 saturated carbocycles. The minimum atomic E-state index is -1.90. The Hall–Kier alpha value is -1.72. The number of nitro groups is 1. The summed E-state index contributed by atoms with van der Waals surface area (Å²) in [6.45, 7) is 9.80. The van der Waals surface area contributed by atoms with Gasteiger partial charge in [0.15, 0.2) is 5.67 Å². The van der Waals surface area contributed by atoms with Gasteiger partial charge in [0.05, 0.1) is 10.5 Å². The van der Waals surface area contributed by atoms with Crippen LogP contribution >= 0.6 is 0 Å². The summed E-state index contributed by atoms with van der Waals surface area (Å²) in [6.07, 6.45) is 1.39. The van der Waals surface area contributed by atoms with Crippen LogP contribution < -0.4 is 5.32 Å². The van der Waals surface area contributed by atoms with Crippen molar-refractivity contribution in [2.75, 3.05) is 0 Å². The van der Waals surface area contributed by atoms with Gasteiger partial charge in [-0.05, 0) is 45.3 Å². The quantitative estimate of drug-likeness (QED) is 0.486. The van der Waals surface area contributed by atoms with Crippen LogP contribution in [-0.4, -0.2) is 22.0 Å². The lowest BCUT2D eigenvalue weighted by Crippen LogP contribution is -2.62. The van der Waals surface area contributed by atoms with E-state index in [1.807, 2.05) is 6.92 Å². The number of carbonyl (C=O) groups excluding carboxylic acids is 1. The third-order valence-electron chi connectivity index (χ3n) is 3.96. The van der Waals surface area contributed by atoms with Crippen molar-refractivity contribution in [3.05, 3.63) is 34.0 Å². The van der Waals surface area contributed by atoms with Gasteiger partial charge in [0.1, 0.15) is 0 Å². The van der Waals surface area contributed by atoms with Crippen molar-refractivity contribution in [1.82, 2.24) is 5.32 Å². The maximum atomic E-state index is 14.0. The first kappa shape index (κ1) is 15.3. The van der Waals surface area contributed by atoms with Crippen LogP contribution in [0.4, 0.5) is 4.39 Å². The van der Waals surface area contributed by atoms with Crippen LogP contribution in [0.2, 0.25) is 0 Å². The molecule has 3 atom stereocenters. The van der Waals surface area contributed by atoms with Crippen LogP contribution in [0, 0.1) is 16.0 Å². The Bertz CT molecular complexity index is 471. The van der Waals surface area contributed by atoms with Gasteiger partial charge in [-0.3, -0.25) is 14.9 Å². The second-order valence-corrected chi connectivity index (χ2v) is 5.53. The van der Waals surface area contributed by atoms with Crippen LogP contribution in [-0.2, 0) is 4.79 Å². The fraction of sp³-hybridized carbons (Fsp3) is 0.615. The fourth-order valence-corrected chi connectivity index (χ4v) is 2.30. The van der Waals surface area contributed by atoms with E-state index < -0.39 is 22.0 Å². The molecule has 1 aliphatic rings. The summed E-state index contributed by atoms with van der Waals surface area (Å²) in [5.74, 6) is -0.872. The van der Waals surface area contributed by atoms with Gasteiger partial charge in [0.25, 0.3) is 11.6 Å². The topological polar surface area (TPSA) is 72.2 Å². The lowest BCUT2D eigenvalue weighted by atomic mass is 9.72. The van der Waals surface area contributed by atoms with Gasteiger partial charge in [-0.25, -0.2) is 4.39 Å². The van der Waals surface area contributed by atoms with Crippen LogP contribution in [0.3, 0.4) is 0 Å². The van der Waals surface area contributed by atoms with Gasteiger partial charge in [-0.15, -0.1) is 0 Å². The minimum absolute atomic E-state index is 0.0749. The Morgan fingerprint density at radius 1 is 1.63 bits per heavy atom. The molecule has 1 saturated heterocycles. The second kappa shape index (κ2) is 4.75. The molecule has 1 fully saturated rings. The van der Waals surface area contributed by atoms with Gasteiger partial charge in [-0.1, -0.05) is 6.92 Å². The molecule has 5 nitrogen and oxygen atoms in total. The molecule has 1 rings (SSSR count). The number of rotatable bonds is 3. The van der Waals surface area contributed by atoms with Crippen LogP contribution in [0.25, 0.3) is 0 Å². The summed E-state index contributed by atoms with van der Waals surface area (Å²) in [4.78, 5) is 21.7. The number of hydrogen-bond acceptors (Lipinski definition) is 3. The molecule has 1 amide bonds. The Balaban J connectivity index is 3.08. The highest BCUT2D eigenvalue weighted by molar-refractivity contribution is 5.86. The number of amides is 1. The molecule has 0 aromatic rings. The van der Waals surface area contributed by atoms with Crippen LogP contribution in [0.1, 0.15) is 34.1 Å². The first-order valence-electron chi connectivity index (χ1n) is 6.04. The smallest absolute Gasteiger partial charge is 0.262 e. The van der Waals surface area contributed by atoms with Crippen LogP contribution in [0.15, 0.2) is 23.9 Å². The highest BCUT2D eigenvalue weighted by Gasteiger charge is 2.49. The zero-order valence-electron chi connectivity index (χ0n) is 11.6. The van der Waals surface area contributed by atoms with Gasteiger partial charge < -0.3 is 5.32 Å². The Kier molecular flexibility index (Phi) is 3.84. The molecule has 0 aromatic heterocycles. The summed E-state index contributed by atoms with van der Waals surface area (Å²) >= 11 is 0. The van der Waals surface area contributed by atoms with E-state index in [1.165, 1.54) is 13.0 Å². The number of allylic oxidation sites excluding steroid dienone is 1. The predicted octanol–water partition coefficient (Wildman–Crippen LogP) is 2.37. The molecule has 0 bridgehead atoms. The lowest BCUT2D eigenvalue weighted by Gasteiger charge is -2.45. The third kappa shape index (κ3) is 2.83. The molecule has 0 spiro atoms. The summed E-state index contributed by atoms with van der Waals surface area (Å²) in [5.41, 5.74) is -2.37. The second-order valence-electron chi connectivity index (χ2n) is 5.53. The highest BCUT2D eigenvalue weighted by Crippen LogP contribution is 2.38. The summed E-state index contributed by atoms with van der Waals surface area (Å²) in [6, 6.07) is 0. The van der Waals surface area contributed by atoms with E-state index in [0.29, 0.717) is 5.57 Å². The van der Waals surface area contributed by atoms with Crippen molar-refractivity contribution >= 4 is 5.91 Å². The number of piperidine rings is 1. The number of hydrogen-bond donors (Lipinski definition) is 1. The molecule has 19 heavy (non-hydrogen) atoms. The standard InChI is InChI=1S/C13H19FN2O3/c1-8(6-10(3)16(18)19)13(5)9(2)7-12(4,14)11(17)15-13/h6,9H,3,7H2,1-2,4-5H3,(H,15,17)/b8-6+/t9-,12+,13+/m0/s1. The SMILES string of the molecule is C=C(/C=C(\C)[C@@]1(C)NC(=O)[C@](C)(F)C[C@@H]1C)[N+](=O)[O-]. The zero-order valence-corrected chi connectivity index (χ0v) is 11.6. The number of alkyl halides is 1. The van der Waals surface area contributed by atoms with E-state index >= 15 is 0 Å². The molecule has 6 heteroatoms. The molecule has 0 unspecified atom stereocenters. The fourth-order valence-electron chi connectivity index (χ4n) is 2.30. The average Bonchev–Trinajstić information content (AvgIpc) is 2.25. The van der Waals surface area contributed by atoms with E-state index in [4.69, 9.17) is 0 Å². The molecular weight excluding hydrogens is 251 g/mol. The average molecular weight is 270 g/mol. The van der Waals surface area contributed by atoms with Crippen molar-refractivity contribution in [3.8, 4) is 0 Å². The Morgan fingerprint density at radius 3 is 2.63 bits per heavy atom. The number of halogens is 1. The largest absolute Gasteiger partial charge is 0.344 e. The summed E-state index contributed by atoms with van der Waals surface area (Å²) in [7, 11) is 0. The zero-order chi connectivity index (χ0) is 15.0. The molecule has 0 radical (unpaired) electrons. The normalized spacial score (nSPS) is 35.7. The van der Waals surface area contributed by atoms with E-state index in [0.717, 1.165) is 0 Å². The van der Waals surface area contributed by atoms with Gasteiger partial charge in [0, 0.05) is 6.08 Å². The lowest BCUT2D eigenvalue weighted by molar-refractivity contribution is -0.418. The maximum absolute atomic E-state index is 14.0. The molecule has 1 aliphatic heterocycles. The van der Waals surface area contributed by atoms with Crippen molar-refractivity contribution in [3.63, 3.8) is 0 Å². The molecule has 106 valence electrons. The first-order valence-corrected chi connectivity index (χ1v) is 6.04. The van der Waals surface area contributed by atoms with E-state index in [9.17, 15) is 19.3 Å². The van der Waals surface area contributed by atoms with Crippen molar-refractivity contribution in [1.29, 1.82) is 0 Å². The monoisotopic (exact) mass is 270 g/mol. The van der Waals surface area contributed by atoms with Crippen molar-refractivity contribution < 1.29 is 14.1 Å². The van der Waals surface area contributed by atoms with Crippen molar-refractivity contribution in [2.45, 2.75) is 45.3 Å². The minimum Gasteiger partial charge on any atom is -0.344 e. The number of nitrogens with one attached hydrogen (secondary N) is 1. The Morgan fingerprint density at radius 2 is 2.16 bits per heavy atom. The van der Waals surface area contributed by atoms with Gasteiger partial charge >= 0.3 is 0 Å². The molecule has 0 aromatic carbocycles. The van der Waals surface area contributed by atoms with E-state index in [-0.39, 0.29) is 18.0 Å². The van der Waals surface area contributed by atoms with E-state index in [2.05, 4.69) is 11.9 Å². The van der Waals surface area contributed by atoms with Gasteiger partial charge in [-0.2, -0.15) is 0 Å². The van der Waals surface area contributed by atoms with E-state index in [1.54, 1.807) is 13.8 Å². The summed E-state index contributed by atoms with van der Waals surface area (Å²) in [5, 5.41) is 13.2. The predicted molar refractivity (Wildman–Crippen MR) is 69.7 cm³/mol. The molecule has 1 heterocycles. The molecule has 1 N–H and O–H groups in total. The first-order chi connectivity index (χ1) is 8.50. The Labute approximate surface area is 111 Å². The molecule has 0 aliphatic carbocycles.